The molecule has 0 bridgehead atoms. The molecule has 2 aliphatic rings. The van der Waals surface area contributed by atoms with Crippen LogP contribution in [0.1, 0.15) is 92.9 Å². The minimum Gasteiger partial charge on any atom is -0.490 e. The molecule has 2 aromatic carbocycles. The molecule has 4 atom stereocenters. The van der Waals surface area contributed by atoms with E-state index in [9.17, 15) is 14.7 Å². The lowest BCUT2D eigenvalue weighted by Crippen LogP contribution is -2.47. The van der Waals surface area contributed by atoms with E-state index in [0.29, 0.717) is 35.7 Å². The van der Waals surface area contributed by atoms with Crippen molar-refractivity contribution in [1.29, 1.82) is 0 Å². The minimum atomic E-state index is -0.411. The van der Waals surface area contributed by atoms with E-state index >= 15 is 0 Å². The maximum absolute atomic E-state index is 14.3. The first-order valence-electron chi connectivity index (χ1n) is 16.6. The third-order valence-corrected chi connectivity index (χ3v) is 9.13. The predicted octanol–water partition coefficient (Wildman–Crippen LogP) is 6.25. The predicted molar refractivity (Wildman–Crippen MR) is 175 cm³/mol. The Morgan fingerprint density at radius 2 is 1.75 bits per heavy atom. The van der Waals surface area contributed by atoms with Crippen LogP contribution in [0.4, 0.5) is 5.69 Å². The van der Waals surface area contributed by atoms with Crippen molar-refractivity contribution in [2.75, 3.05) is 45.2 Å². The number of fused-ring (bicyclic) bond motifs is 1. The van der Waals surface area contributed by atoms with Gasteiger partial charge in [0.15, 0.2) is 0 Å². The molecule has 242 valence electrons. The van der Waals surface area contributed by atoms with Crippen LogP contribution in [0.2, 0.25) is 0 Å². The first kappa shape index (κ1) is 33.9. The van der Waals surface area contributed by atoms with Gasteiger partial charge in [0, 0.05) is 43.4 Å². The van der Waals surface area contributed by atoms with Crippen molar-refractivity contribution in [3.8, 4) is 5.75 Å². The van der Waals surface area contributed by atoms with Gasteiger partial charge in [-0.1, -0.05) is 44.4 Å². The van der Waals surface area contributed by atoms with Crippen LogP contribution in [0.15, 0.2) is 48.5 Å². The molecule has 1 aliphatic carbocycles. The second-order valence-corrected chi connectivity index (χ2v) is 13.1. The number of rotatable bonds is 8. The average Bonchev–Trinajstić information content (AvgIpc) is 3.03. The van der Waals surface area contributed by atoms with Gasteiger partial charge in [0.25, 0.3) is 11.8 Å². The zero-order valence-corrected chi connectivity index (χ0v) is 27.2. The Morgan fingerprint density at radius 1 is 1.02 bits per heavy atom. The van der Waals surface area contributed by atoms with Gasteiger partial charge in [0.05, 0.1) is 30.4 Å². The van der Waals surface area contributed by atoms with E-state index in [4.69, 9.17) is 9.47 Å². The SMILES string of the molecule is C[C@@H]1CCCCO[C@H](CN(C)CC2CCCCC2)[C@@H](C)CN([C@H](C)CO)C(=O)c2cc(NC(=O)c3ccccc3)ccc2O1. The minimum absolute atomic E-state index is 0.0361. The largest absolute Gasteiger partial charge is 0.490 e. The summed E-state index contributed by atoms with van der Waals surface area (Å²) < 4.78 is 12.9. The van der Waals surface area contributed by atoms with E-state index in [-0.39, 0.29) is 36.5 Å². The van der Waals surface area contributed by atoms with Crippen molar-refractivity contribution in [1.82, 2.24) is 9.80 Å². The Labute approximate surface area is 264 Å². The number of amides is 2. The molecule has 0 unspecified atom stereocenters. The molecule has 2 N–H and O–H groups in total. The van der Waals surface area contributed by atoms with Crippen LogP contribution < -0.4 is 10.1 Å². The topological polar surface area (TPSA) is 91.3 Å². The van der Waals surface area contributed by atoms with Crippen LogP contribution in [0.3, 0.4) is 0 Å². The number of carbonyl (C=O) groups excluding carboxylic acids is 2. The van der Waals surface area contributed by atoms with Gasteiger partial charge in [-0.3, -0.25) is 9.59 Å². The first-order chi connectivity index (χ1) is 21.2. The molecule has 1 heterocycles. The smallest absolute Gasteiger partial charge is 0.258 e. The van der Waals surface area contributed by atoms with Crippen molar-refractivity contribution < 1.29 is 24.2 Å². The quantitative estimate of drug-likeness (QED) is 0.369. The first-order valence-corrected chi connectivity index (χ1v) is 16.6. The van der Waals surface area contributed by atoms with E-state index in [1.807, 2.05) is 32.0 Å². The van der Waals surface area contributed by atoms with E-state index in [1.54, 1.807) is 35.2 Å². The highest BCUT2D eigenvalue weighted by Gasteiger charge is 2.31. The highest BCUT2D eigenvalue weighted by atomic mass is 16.5. The Bertz CT molecular complexity index is 1190. The Hall–Kier alpha value is -2.94. The molecule has 0 radical (unpaired) electrons. The zero-order chi connectivity index (χ0) is 31.5. The summed E-state index contributed by atoms with van der Waals surface area (Å²) in [4.78, 5) is 31.4. The van der Waals surface area contributed by atoms with Gasteiger partial charge < -0.3 is 29.7 Å². The molecule has 2 amide bonds. The van der Waals surface area contributed by atoms with Gasteiger partial charge in [-0.15, -0.1) is 0 Å². The fourth-order valence-corrected chi connectivity index (χ4v) is 6.45. The van der Waals surface area contributed by atoms with Crippen LogP contribution in [0.5, 0.6) is 5.75 Å². The van der Waals surface area contributed by atoms with Gasteiger partial charge in [0.1, 0.15) is 5.75 Å². The van der Waals surface area contributed by atoms with Crippen molar-refractivity contribution >= 4 is 17.5 Å². The summed E-state index contributed by atoms with van der Waals surface area (Å²) in [6.45, 7) is 8.84. The van der Waals surface area contributed by atoms with Crippen LogP contribution in [0.25, 0.3) is 0 Å². The summed E-state index contributed by atoms with van der Waals surface area (Å²) in [5.41, 5.74) is 1.42. The normalized spacial score (nSPS) is 23.4. The number of carbonyl (C=O) groups is 2. The molecule has 8 heteroatoms. The molecular weight excluding hydrogens is 554 g/mol. The van der Waals surface area contributed by atoms with Gasteiger partial charge >= 0.3 is 0 Å². The lowest BCUT2D eigenvalue weighted by molar-refractivity contribution is -0.0190. The lowest BCUT2D eigenvalue weighted by Gasteiger charge is -2.36. The Morgan fingerprint density at radius 3 is 2.48 bits per heavy atom. The van der Waals surface area contributed by atoms with Gasteiger partial charge in [-0.05, 0) is 89.2 Å². The van der Waals surface area contributed by atoms with Gasteiger partial charge in [-0.2, -0.15) is 0 Å². The third-order valence-electron chi connectivity index (χ3n) is 9.13. The van der Waals surface area contributed by atoms with Crippen LogP contribution >= 0.6 is 0 Å². The molecule has 8 nitrogen and oxygen atoms in total. The summed E-state index contributed by atoms with van der Waals surface area (Å²) in [5, 5.41) is 13.2. The zero-order valence-electron chi connectivity index (χ0n) is 27.2. The molecule has 1 saturated carbocycles. The number of likely N-dealkylation sites (N-methyl/N-ethyl adjacent to an activating group) is 1. The fourth-order valence-electron chi connectivity index (χ4n) is 6.45. The second kappa shape index (κ2) is 16.9. The summed E-state index contributed by atoms with van der Waals surface area (Å²) in [5.74, 6) is 0.779. The van der Waals surface area contributed by atoms with Gasteiger partial charge in [-0.25, -0.2) is 0 Å². The third kappa shape index (κ3) is 9.78. The maximum Gasteiger partial charge on any atom is 0.258 e. The molecule has 0 saturated heterocycles. The summed E-state index contributed by atoms with van der Waals surface area (Å²) in [6, 6.07) is 13.8. The average molecular weight is 608 g/mol. The number of ether oxygens (including phenoxy) is 2. The van der Waals surface area contributed by atoms with E-state index < -0.39 is 6.04 Å². The van der Waals surface area contributed by atoms with Crippen LogP contribution in [0, 0.1) is 11.8 Å². The number of nitrogens with zero attached hydrogens (tertiary/aromatic N) is 2. The van der Waals surface area contributed by atoms with Crippen molar-refractivity contribution in [3.63, 3.8) is 0 Å². The highest BCUT2D eigenvalue weighted by molar-refractivity contribution is 6.05. The van der Waals surface area contributed by atoms with Crippen LogP contribution in [-0.4, -0.2) is 84.9 Å². The number of hydrogen-bond acceptors (Lipinski definition) is 6. The Kier molecular flexibility index (Phi) is 13.1. The Balaban J connectivity index is 1.59. The molecule has 1 fully saturated rings. The molecule has 4 rings (SSSR count). The fraction of sp³-hybridized carbons (Fsp3) is 0.611. The molecule has 0 spiro atoms. The van der Waals surface area contributed by atoms with E-state index in [0.717, 1.165) is 38.3 Å². The monoisotopic (exact) mass is 607 g/mol. The molecule has 1 aliphatic heterocycles. The molecular formula is C36H53N3O5. The molecule has 0 aromatic heterocycles. The number of nitrogens with one attached hydrogen (secondary N) is 1. The van der Waals surface area contributed by atoms with E-state index in [1.165, 1.54) is 32.1 Å². The number of benzene rings is 2. The van der Waals surface area contributed by atoms with E-state index in [2.05, 4.69) is 24.2 Å². The number of aliphatic hydroxyl groups is 1. The summed E-state index contributed by atoms with van der Waals surface area (Å²) >= 11 is 0. The van der Waals surface area contributed by atoms with Crippen molar-refractivity contribution in [3.05, 3.63) is 59.7 Å². The van der Waals surface area contributed by atoms with Crippen molar-refractivity contribution in [2.45, 2.75) is 90.4 Å². The number of hydrogen-bond donors (Lipinski definition) is 2. The maximum atomic E-state index is 14.3. The number of anilines is 1. The standard InChI is InChI=1S/C36H53N3O5/c1-26-22-39(27(2)25-40)36(42)32-21-31(37-35(41)30-16-9-6-10-17-30)18-19-33(32)44-28(3)13-11-12-20-43-34(26)24-38(4)23-29-14-7-5-8-15-29/h6,9-10,16-19,21,26-29,34,40H,5,7-8,11-15,20,22-25H2,1-4H3,(H,37,41)/t26-,27+,28+,34+/m0/s1. The van der Waals surface area contributed by atoms with Gasteiger partial charge in [0.2, 0.25) is 0 Å². The van der Waals surface area contributed by atoms with Crippen molar-refractivity contribution in [2.24, 2.45) is 11.8 Å². The summed E-state index contributed by atoms with van der Waals surface area (Å²) in [7, 11) is 2.19. The number of aliphatic hydroxyl groups excluding tert-OH is 1. The summed E-state index contributed by atoms with van der Waals surface area (Å²) in [6.07, 6.45) is 9.19. The second-order valence-electron chi connectivity index (χ2n) is 13.1. The lowest BCUT2D eigenvalue weighted by atomic mass is 9.89. The molecule has 44 heavy (non-hydrogen) atoms. The highest BCUT2D eigenvalue weighted by Crippen LogP contribution is 2.29. The molecule has 2 aromatic rings. The van der Waals surface area contributed by atoms with Crippen LogP contribution in [-0.2, 0) is 4.74 Å².